The molecule has 0 amide bonds. The van der Waals surface area contributed by atoms with Crippen LogP contribution in [-0.4, -0.2) is 13.2 Å². The first-order valence-corrected chi connectivity index (χ1v) is 5.94. The van der Waals surface area contributed by atoms with Crippen LogP contribution in [0.3, 0.4) is 0 Å². The molecule has 0 aliphatic heterocycles. The zero-order valence-corrected chi connectivity index (χ0v) is 10.2. The van der Waals surface area contributed by atoms with Crippen LogP contribution in [0, 0.1) is 0 Å². The predicted octanol–water partition coefficient (Wildman–Crippen LogP) is 2.94. The number of rotatable bonds is 4. The largest absolute Gasteiger partial charge is 0.379 e. The van der Waals surface area contributed by atoms with Crippen LogP contribution in [0.5, 0.6) is 0 Å². The molecule has 74 valence electrons. The molecule has 0 radical (unpaired) electrons. The fraction of sp³-hybridized carbons (Fsp3) is 0.556. The highest BCUT2D eigenvalue weighted by atomic mass is 79.9. The molecule has 4 heteroatoms. The van der Waals surface area contributed by atoms with Gasteiger partial charge in [0.05, 0.1) is 12.1 Å². The van der Waals surface area contributed by atoms with Crippen molar-refractivity contribution >= 4 is 27.3 Å². The number of nitrogens with two attached hydrogens (primary N) is 1. The van der Waals surface area contributed by atoms with Crippen molar-refractivity contribution in [1.29, 1.82) is 0 Å². The molecular formula is C9H14BrNOS. The highest BCUT2D eigenvalue weighted by Gasteiger charge is 2.19. The summed E-state index contributed by atoms with van der Waals surface area (Å²) in [4.78, 5) is 0. The summed E-state index contributed by atoms with van der Waals surface area (Å²) in [6.45, 7) is 2.08. The Balaban J connectivity index is 2.77. The maximum atomic E-state index is 6.06. The monoisotopic (exact) mass is 263 g/mol. The molecule has 1 rings (SSSR count). The van der Waals surface area contributed by atoms with Crippen LogP contribution in [0.15, 0.2) is 15.2 Å². The molecule has 0 saturated carbocycles. The number of thiophene rings is 1. The summed E-state index contributed by atoms with van der Waals surface area (Å²) < 4.78 is 6.38. The van der Waals surface area contributed by atoms with E-state index in [1.807, 2.05) is 5.38 Å². The minimum absolute atomic E-state index is 0.0318. The fourth-order valence-electron chi connectivity index (χ4n) is 1.30. The Kier molecular flexibility index (Phi) is 4.38. The summed E-state index contributed by atoms with van der Waals surface area (Å²) >= 11 is 5.12. The highest BCUT2D eigenvalue weighted by molar-refractivity contribution is 9.10. The van der Waals surface area contributed by atoms with Crippen molar-refractivity contribution in [3.8, 4) is 0 Å². The number of hydrogen-bond acceptors (Lipinski definition) is 3. The molecule has 13 heavy (non-hydrogen) atoms. The summed E-state index contributed by atoms with van der Waals surface area (Å²) in [5, 5.41) is 4.11. The summed E-state index contributed by atoms with van der Waals surface area (Å²) in [5.74, 6) is 0. The third-order valence-electron chi connectivity index (χ3n) is 2.11. The van der Waals surface area contributed by atoms with Gasteiger partial charge in [0.1, 0.15) is 0 Å². The average Bonchev–Trinajstić information content (AvgIpc) is 2.53. The van der Waals surface area contributed by atoms with Crippen molar-refractivity contribution in [2.24, 2.45) is 5.73 Å². The molecule has 0 bridgehead atoms. The van der Waals surface area contributed by atoms with Gasteiger partial charge in [0.25, 0.3) is 0 Å². The van der Waals surface area contributed by atoms with E-state index in [0.29, 0.717) is 0 Å². The van der Waals surface area contributed by atoms with Gasteiger partial charge in [-0.15, -0.1) is 0 Å². The molecule has 0 saturated heterocycles. The zero-order valence-electron chi connectivity index (χ0n) is 7.79. The normalized spacial score (nSPS) is 15.7. The molecule has 0 aliphatic rings. The van der Waals surface area contributed by atoms with E-state index < -0.39 is 0 Å². The molecule has 0 fully saturated rings. The molecule has 0 aliphatic carbocycles. The van der Waals surface area contributed by atoms with Gasteiger partial charge < -0.3 is 10.5 Å². The van der Waals surface area contributed by atoms with E-state index >= 15 is 0 Å². The Labute approximate surface area is 91.2 Å². The van der Waals surface area contributed by atoms with Crippen molar-refractivity contribution in [2.75, 3.05) is 7.11 Å². The Morgan fingerprint density at radius 3 is 2.69 bits per heavy atom. The number of halogens is 1. The van der Waals surface area contributed by atoms with Gasteiger partial charge in [-0.05, 0) is 33.3 Å². The van der Waals surface area contributed by atoms with Gasteiger partial charge in [-0.3, -0.25) is 0 Å². The average molecular weight is 264 g/mol. The van der Waals surface area contributed by atoms with Gasteiger partial charge in [0.2, 0.25) is 0 Å². The minimum Gasteiger partial charge on any atom is -0.379 e. The Bertz CT molecular complexity index is 260. The third-order valence-corrected chi connectivity index (χ3v) is 3.86. The van der Waals surface area contributed by atoms with Gasteiger partial charge in [-0.25, -0.2) is 0 Å². The van der Waals surface area contributed by atoms with Crippen LogP contribution in [0.2, 0.25) is 0 Å². The first-order chi connectivity index (χ1) is 6.20. The zero-order chi connectivity index (χ0) is 9.84. The smallest absolute Gasteiger partial charge is 0.0761 e. The minimum atomic E-state index is -0.0318. The lowest BCUT2D eigenvalue weighted by Crippen LogP contribution is -2.27. The first-order valence-electron chi connectivity index (χ1n) is 4.20. The lowest BCUT2D eigenvalue weighted by molar-refractivity contribution is 0.0771. The summed E-state index contributed by atoms with van der Waals surface area (Å²) in [5.41, 5.74) is 7.19. The first kappa shape index (κ1) is 11.2. The van der Waals surface area contributed by atoms with E-state index in [2.05, 4.69) is 28.2 Å². The van der Waals surface area contributed by atoms with Gasteiger partial charge in [0, 0.05) is 17.0 Å². The molecule has 2 unspecified atom stereocenters. The Hall–Kier alpha value is 0.100. The topological polar surface area (TPSA) is 35.2 Å². The fourth-order valence-corrected chi connectivity index (χ4v) is 2.91. The highest BCUT2D eigenvalue weighted by Crippen LogP contribution is 2.29. The van der Waals surface area contributed by atoms with E-state index in [1.54, 1.807) is 18.4 Å². The van der Waals surface area contributed by atoms with Gasteiger partial charge >= 0.3 is 0 Å². The van der Waals surface area contributed by atoms with Gasteiger partial charge in [-0.2, -0.15) is 11.3 Å². The van der Waals surface area contributed by atoms with Crippen LogP contribution >= 0.6 is 27.3 Å². The second kappa shape index (κ2) is 5.10. The van der Waals surface area contributed by atoms with Crippen molar-refractivity contribution in [3.63, 3.8) is 0 Å². The standard InChI is InChI=1S/C9H14BrNOS/c1-3-8(12-2)9(11)6-4-13-5-7(6)10/h4-5,8-9H,3,11H2,1-2H3. The summed E-state index contributed by atoms with van der Waals surface area (Å²) in [7, 11) is 1.70. The quantitative estimate of drug-likeness (QED) is 0.907. The number of methoxy groups -OCH3 is 1. The van der Waals surface area contributed by atoms with Crippen LogP contribution in [0.25, 0.3) is 0 Å². The summed E-state index contributed by atoms with van der Waals surface area (Å²) in [6.07, 6.45) is 1.03. The van der Waals surface area contributed by atoms with Crippen LogP contribution in [0.4, 0.5) is 0 Å². The van der Waals surface area contributed by atoms with E-state index in [0.717, 1.165) is 16.5 Å². The molecule has 1 aromatic heterocycles. The van der Waals surface area contributed by atoms with E-state index in [1.165, 1.54) is 0 Å². The lowest BCUT2D eigenvalue weighted by atomic mass is 10.0. The van der Waals surface area contributed by atoms with Crippen LogP contribution in [-0.2, 0) is 4.74 Å². The molecule has 1 heterocycles. The molecule has 2 nitrogen and oxygen atoms in total. The van der Waals surface area contributed by atoms with Gasteiger partial charge in [0.15, 0.2) is 0 Å². The van der Waals surface area contributed by atoms with E-state index in [9.17, 15) is 0 Å². The molecule has 0 aromatic carbocycles. The lowest BCUT2D eigenvalue weighted by Gasteiger charge is -2.20. The Morgan fingerprint density at radius 1 is 1.62 bits per heavy atom. The van der Waals surface area contributed by atoms with E-state index in [4.69, 9.17) is 10.5 Å². The Morgan fingerprint density at radius 2 is 2.31 bits per heavy atom. The summed E-state index contributed by atoms with van der Waals surface area (Å²) in [6, 6.07) is -0.0318. The van der Waals surface area contributed by atoms with E-state index in [-0.39, 0.29) is 12.1 Å². The molecule has 1 aromatic rings. The number of ether oxygens (including phenoxy) is 1. The van der Waals surface area contributed by atoms with Gasteiger partial charge in [-0.1, -0.05) is 6.92 Å². The van der Waals surface area contributed by atoms with Crippen molar-refractivity contribution < 1.29 is 4.74 Å². The van der Waals surface area contributed by atoms with Crippen LogP contribution < -0.4 is 5.73 Å². The van der Waals surface area contributed by atoms with Crippen molar-refractivity contribution in [2.45, 2.75) is 25.5 Å². The molecule has 0 spiro atoms. The van der Waals surface area contributed by atoms with Crippen molar-refractivity contribution in [1.82, 2.24) is 0 Å². The SMILES string of the molecule is CCC(OC)C(N)c1cscc1Br. The number of hydrogen-bond donors (Lipinski definition) is 1. The van der Waals surface area contributed by atoms with Crippen molar-refractivity contribution in [3.05, 3.63) is 20.8 Å². The maximum absolute atomic E-state index is 6.06. The maximum Gasteiger partial charge on any atom is 0.0761 e. The second-order valence-electron chi connectivity index (χ2n) is 2.88. The second-order valence-corrected chi connectivity index (χ2v) is 4.48. The predicted molar refractivity (Wildman–Crippen MR) is 60.0 cm³/mol. The third kappa shape index (κ3) is 2.53. The molecular weight excluding hydrogens is 250 g/mol. The molecule has 2 N–H and O–H groups in total. The van der Waals surface area contributed by atoms with Crippen LogP contribution in [0.1, 0.15) is 24.9 Å². The molecule has 2 atom stereocenters.